The van der Waals surface area contributed by atoms with Crippen LogP contribution < -0.4 is 15.4 Å². The maximum atomic E-state index is 15.0. The third kappa shape index (κ3) is 5.16. The number of hydrogen-bond donors (Lipinski definition) is 2. The van der Waals surface area contributed by atoms with Crippen molar-refractivity contribution in [3.8, 4) is 22.9 Å². The third-order valence-corrected chi connectivity index (χ3v) is 6.77. The summed E-state index contributed by atoms with van der Waals surface area (Å²) in [6.45, 7) is 1.70. The number of nitrogens with one attached hydrogen (secondary N) is 2. The first-order chi connectivity index (χ1) is 15.8. The molecule has 2 aromatic rings. The molecule has 1 unspecified atom stereocenters. The molecule has 2 heterocycles. The van der Waals surface area contributed by atoms with E-state index in [1.54, 1.807) is 6.07 Å². The number of carbonyl (C=O) groups is 1. The number of hydrogen-bond acceptors (Lipinski definition) is 7. The van der Waals surface area contributed by atoms with Gasteiger partial charge in [0.15, 0.2) is 9.84 Å². The molecule has 174 valence electrons. The van der Waals surface area contributed by atoms with Gasteiger partial charge in [0.25, 0.3) is 5.91 Å². The van der Waals surface area contributed by atoms with Crippen molar-refractivity contribution < 1.29 is 27.1 Å². The van der Waals surface area contributed by atoms with Gasteiger partial charge >= 0.3 is 0 Å². The molecule has 2 atom stereocenters. The number of carbonyl (C=O) groups excluding carboxylic acids is 1. The Hall–Kier alpha value is -3.00. The minimum absolute atomic E-state index is 0.0370. The molecule has 0 aromatic heterocycles. The molecular formula is C23H24FN3O5S. The van der Waals surface area contributed by atoms with Crippen molar-refractivity contribution in [3.05, 3.63) is 47.3 Å². The smallest absolute Gasteiger partial charge is 0.251 e. The fourth-order valence-corrected chi connectivity index (χ4v) is 4.59. The number of sulfone groups is 1. The Balaban J connectivity index is 1.53. The SMILES string of the molecule is CS(=O)(=O)c1ccc2c(c1)COc1cc(C[C@@H](C#N)NC(=O)C3CNCCCO3)c(F)cc1-2. The Labute approximate surface area is 191 Å². The van der Waals surface area contributed by atoms with E-state index < -0.39 is 33.7 Å². The van der Waals surface area contributed by atoms with Gasteiger partial charge in [-0.15, -0.1) is 0 Å². The molecule has 10 heteroatoms. The first-order valence-electron chi connectivity index (χ1n) is 10.6. The van der Waals surface area contributed by atoms with Gasteiger partial charge in [-0.05, 0) is 53.9 Å². The first kappa shape index (κ1) is 23.2. The van der Waals surface area contributed by atoms with Gasteiger partial charge in [-0.1, -0.05) is 6.07 Å². The monoisotopic (exact) mass is 473 g/mol. The topological polar surface area (TPSA) is 118 Å². The molecule has 0 saturated carbocycles. The summed E-state index contributed by atoms with van der Waals surface area (Å²) in [5.74, 6) is -0.522. The second-order valence-electron chi connectivity index (χ2n) is 8.13. The summed E-state index contributed by atoms with van der Waals surface area (Å²) < 4.78 is 49.9. The van der Waals surface area contributed by atoms with E-state index in [0.717, 1.165) is 19.2 Å². The van der Waals surface area contributed by atoms with E-state index in [0.29, 0.717) is 35.6 Å². The van der Waals surface area contributed by atoms with Crippen LogP contribution in [0.2, 0.25) is 0 Å². The van der Waals surface area contributed by atoms with Crippen molar-refractivity contribution >= 4 is 15.7 Å². The second kappa shape index (κ2) is 9.47. The number of benzene rings is 2. The molecule has 2 aliphatic rings. The van der Waals surface area contributed by atoms with E-state index in [4.69, 9.17) is 9.47 Å². The summed E-state index contributed by atoms with van der Waals surface area (Å²) >= 11 is 0. The fourth-order valence-electron chi connectivity index (χ4n) is 3.92. The summed E-state index contributed by atoms with van der Waals surface area (Å²) in [5, 5.41) is 15.2. The lowest BCUT2D eigenvalue weighted by Gasteiger charge is -2.23. The molecule has 0 spiro atoms. The summed E-state index contributed by atoms with van der Waals surface area (Å²) in [6.07, 6.45) is 1.18. The van der Waals surface area contributed by atoms with E-state index in [1.807, 2.05) is 6.07 Å². The van der Waals surface area contributed by atoms with Crippen molar-refractivity contribution in [1.29, 1.82) is 5.26 Å². The summed E-state index contributed by atoms with van der Waals surface area (Å²) in [5.41, 5.74) is 2.08. The van der Waals surface area contributed by atoms with Gasteiger partial charge in [0.1, 0.15) is 30.3 Å². The number of nitrogens with zero attached hydrogens (tertiary/aromatic N) is 1. The Morgan fingerprint density at radius 2 is 2.15 bits per heavy atom. The van der Waals surface area contributed by atoms with E-state index in [9.17, 15) is 22.9 Å². The van der Waals surface area contributed by atoms with E-state index in [-0.39, 0.29) is 23.5 Å². The minimum Gasteiger partial charge on any atom is -0.488 e. The van der Waals surface area contributed by atoms with Crippen molar-refractivity contribution in [3.63, 3.8) is 0 Å². The number of rotatable bonds is 5. The van der Waals surface area contributed by atoms with Crippen LogP contribution in [0.4, 0.5) is 4.39 Å². The van der Waals surface area contributed by atoms with Crippen molar-refractivity contribution in [2.24, 2.45) is 0 Å². The molecule has 2 aliphatic heterocycles. The van der Waals surface area contributed by atoms with Crippen LogP contribution >= 0.6 is 0 Å². The van der Waals surface area contributed by atoms with Gasteiger partial charge in [-0.3, -0.25) is 4.79 Å². The van der Waals surface area contributed by atoms with Crippen LogP contribution in [-0.2, 0) is 32.4 Å². The van der Waals surface area contributed by atoms with E-state index >= 15 is 0 Å². The Bertz CT molecular complexity index is 1220. The highest BCUT2D eigenvalue weighted by atomic mass is 32.2. The maximum Gasteiger partial charge on any atom is 0.251 e. The molecule has 4 rings (SSSR count). The van der Waals surface area contributed by atoms with Crippen molar-refractivity contribution in [1.82, 2.24) is 10.6 Å². The van der Waals surface area contributed by atoms with Gasteiger partial charge in [0, 0.05) is 31.4 Å². The molecule has 0 bridgehead atoms. The van der Waals surface area contributed by atoms with Gasteiger partial charge in [0.05, 0.1) is 11.0 Å². The van der Waals surface area contributed by atoms with Gasteiger partial charge < -0.3 is 20.1 Å². The Kier molecular flexibility index (Phi) is 6.65. The lowest BCUT2D eigenvalue weighted by molar-refractivity contribution is -0.132. The van der Waals surface area contributed by atoms with Crippen molar-refractivity contribution in [2.75, 3.05) is 26.0 Å². The second-order valence-corrected chi connectivity index (χ2v) is 10.1. The van der Waals surface area contributed by atoms with E-state index in [2.05, 4.69) is 10.6 Å². The van der Waals surface area contributed by atoms with Crippen LogP contribution in [0.5, 0.6) is 5.75 Å². The number of fused-ring (bicyclic) bond motifs is 3. The van der Waals surface area contributed by atoms with Crippen LogP contribution in [0.3, 0.4) is 0 Å². The minimum atomic E-state index is -3.37. The highest BCUT2D eigenvalue weighted by molar-refractivity contribution is 7.90. The molecule has 0 radical (unpaired) electrons. The van der Waals surface area contributed by atoms with Crippen LogP contribution in [0.25, 0.3) is 11.1 Å². The molecule has 1 amide bonds. The number of halogens is 1. The van der Waals surface area contributed by atoms with Crippen LogP contribution in [0.15, 0.2) is 35.2 Å². The fraction of sp³-hybridized carbons (Fsp3) is 0.391. The zero-order valence-corrected chi connectivity index (χ0v) is 18.9. The van der Waals surface area contributed by atoms with Crippen LogP contribution in [0.1, 0.15) is 17.5 Å². The summed E-state index contributed by atoms with van der Waals surface area (Å²) in [7, 11) is -3.37. The van der Waals surface area contributed by atoms with E-state index in [1.165, 1.54) is 24.3 Å². The number of nitriles is 1. The predicted molar refractivity (Wildman–Crippen MR) is 118 cm³/mol. The molecule has 1 saturated heterocycles. The first-order valence-corrected chi connectivity index (χ1v) is 12.5. The maximum absolute atomic E-state index is 15.0. The van der Waals surface area contributed by atoms with Gasteiger partial charge in [-0.2, -0.15) is 5.26 Å². The number of amides is 1. The summed E-state index contributed by atoms with van der Waals surface area (Å²) in [6, 6.07) is 8.57. The van der Waals surface area contributed by atoms with Crippen LogP contribution in [0, 0.1) is 17.1 Å². The molecule has 8 nitrogen and oxygen atoms in total. The summed E-state index contributed by atoms with van der Waals surface area (Å²) in [4.78, 5) is 12.6. The zero-order valence-electron chi connectivity index (χ0n) is 18.1. The Morgan fingerprint density at radius 1 is 1.33 bits per heavy atom. The molecule has 2 N–H and O–H groups in total. The van der Waals surface area contributed by atoms with Crippen molar-refractivity contribution in [2.45, 2.75) is 36.5 Å². The molecule has 2 aromatic carbocycles. The average molecular weight is 474 g/mol. The molecule has 1 fully saturated rings. The Morgan fingerprint density at radius 3 is 2.91 bits per heavy atom. The van der Waals surface area contributed by atoms with Gasteiger partial charge in [0.2, 0.25) is 0 Å². The zero-order chi connectivity index (χ0) is 23.6. The standard InChI is InChI=1S/C23H24FN3O5S/c1-33(29,30)17-3-4-18-15(8-17)13-32-21-9-14(20(24)10-19(18)21)7-16(11-25)27-23(28)22-12-26-5-2-6-31-22/h3-4,8-10,16,22,26H,2,5-7,12-13H2,1H3,(H,27,28)/t16-,22?/m0/s1. The molecule has 0 aliphatic carbocycles. The molecule has 33 heavy (non-hydrogen) atoms. The van der Waals surface area contributed by atoms with Crippen LogP contribution in [-0.4, -0.2) is 52.4 Å². The average Bonchev–Trinajstić information content (AvgIpc) is 3.08. The van der Waals surface area contributed by atoms with Gasteiger partial charge in [-0.25, -0.2) is 12.8 Å². The lowest BCUT2D eigenvalue weighted by Crippen LogP contribution is -2.46. The number of ether oxygens (including phenoxy) is 2. The highest BCUT2D eigenvalue weighted by Crippen LogP contribution is 2.40. The lowest BCUT2D eigenvalue weighted by atomic mass is 9.94. The predicted octanol–water partition coefficient (Wildman–Crippen LogP) is 1.72. The quantitative estimate of drug-likeness (QED) is 0.679. The highest BCUT2D eigenvalue weighted by Gasteiger charge is 2.26. The molecular weight excluding hydrogens is 449 g/mol. The normalized spacial score (nSPS) is 18.6. The third-order valence-electron chi connectivity index (χ3n) is 5.66. The largest absolute Gasteiger partial charge is 0.488 e.